The molecule has 0 amide bonds. The molecule has 1 N–H and O–H groups in total. The van der Waals surface area contributed by atoms with E-state index in [1.54, 1.807) is 19.1 Å². The van der Waals surface area contributed by atoms with E-state index in [4.69, 9.17) is 4.52 Å². The van der Waals surface area contributed by atoms with E-state index in [0.29, 0.717) is 9.97 Å². The van der Waals surface area contributed by atoms with Crippen LogP contribution < -0.4 is 4.72 Å². The monoisotopic (exact) mass is 314 g/mol. The molecule has 0 atom stereocenters. The Bertz CT molecular complexity index is 659. The molecule has 0 saturated carbocycles. The summed E-state index contributed by atoms with van der Waals surface area (Å²) in [5.41, 5.74) is 0. The van der Waals surface area contributed by atoms with Crippen molar-refractivity contribution >= 4 is 27.2 Å². The normalized spacial score (nSPS) is 11.7. The topological polar surface area (TPSA) is 72.2 Å². The molecule has 2 heterocycles. The van der Waals surface area contributed by atoms with Crippen molar-refractivity contribution in [2.75, 3.05) is 4.72 Å². The lowest BCUT2D eigenvalue weighted by atomic mass is 10.2. The zero-order valence-corrected chi connectivity index (χ0v) is 13.2. The number of hydrogen-bond donors (Lipinski definition) is 1. The van der Waals surface area contributed by atoms with Gasteiger partial charge in [0.1, 0.15) is 9.97 Å². The van der Waals surface area contributed by atoms with E-state index in [1.165, 1.54) is 11.3 Å². The number of anilines is 1. The van der Waals surface area contributed by atoms with E-state index < -0.39 is 10.0 Å². The maximum atomic E-state index is 12.2. The summed E-state index contributed by atoms with van der Waals surface area (Å²) >= 11 is 1.31. The van der Waals surface area contributed by atoms with Gasteiger partial charge in [-0.3, -0.25) is 4.72 Å². The smallest absolute Gasteiger partial charge is 0.272 e. The summed E-state index contributed by atoms with van der Waals surface area (Å²) < 4.78 is 31.9. The molecule has 2 aromatic heterocycles. The number of nitrogens with zero attached hydrogens (tertiary/aromatic N) is 1. The lowest BCUT2D eigenvalue weighted by Gasteiger charge is -2.01. The number of sulfonamides is 1. The summed E-state index contributed by atoms with van der Waals surface area (Å²) in [6, 6.07) is 5.07. The fourth-order valence-electron chi connectivity index (χ4n) is 1.79. The third-order valence-electron chi connectivity index (χ3n) is 2.80. The van der Waals surface area contributed by atoms with Gasteiger partial charge in [-0.25, -0.2) is 8.42 Å². The number of thiophene rings is 1. The zero-order chi connectivity index (χ0) is 14.6. The van der Waals surface area contributed by atoms with Crippen LogP contribution in [0.1, 0.15) is 36.8 Å². The maximum absolute atomic E-state index is 12.2. The van der Waals surface area contributed by atoms with Gasteiger partial charge in [0.2, 0.25) is 0 Å². The third-order valence-corrected chi connectivity index (χ3v) is 5.79. The van der Waals surface area contributed by atoms with Crippen molar-refractivity contribution in [2.24, 2.45) is 0 Å². The number of hydrogen-bond acceptors (Lipinski definition) is 5. The Balaban J connectivity index is 2.06. The second-order valence-corrected chi connectivity index (χ2v) is 7.68. The second-order valence-electron chi connectivity index (χ2n) is 4.61. The van der Waals surface area contributed by atoms with E-state index in [2.05, 4.69) is 16.8 Å². The van der Waals surface area contributed by atoms with Crippen LogP contribution in [0.2, 0.25) is 0 Å². The van der Waals surface area contributed by atoms with Crippen LogP contribution in [0.25, 0.3) is 0 Å². The van der Waals surface area contributed by atoms with Crippen LogP contribution in [0, 0.1) is 6.92 Å². The highest BCUT2D eigenvalue weighted by molar-refractivity contribution is 7.94. The van der Waals surface area contributed by atoms with Crippen molar-refractivity contribution in [1.82, 2.24) is 5.16 Å². The fraction of sp³-hybridized carbons (Fsp3) is 0.462. The number of aryl methyl sites for hydroxylation is 2. The highest BCUT2D eigenvalue weighted by Crippen LogP contribution is 2.25. The number of unbranched alkanes of at least 4 members (excludes halogenated alkanes) is 2. The fourth-order valence-corrected chi connectivity index (χ4v) is 4.17. The molecule has 0 saturated heterocycles. The highest BCUT2D eigenvalue weighted by Gasteiger charge is 2.18. The van der Waals surface area contributed by atoms with Gasteiger partial charge >= 0.3 is 0 Å². The van der Waals surface area contributed by atoms with E-state index in [0.717, 1.165) is 30.6 Å². The predicted molar refractivity (Wildman–Crippen MR) is 79.6 cm³/mol. The van der Waals surface area contributed by atoms with E-state index in [9.17, 15) is 8.42 Å². The molecule has 0 unspecified atom stereocenters. The van der Waals surface area contributed by atoms with Crippen molar-refractivity contribution in [3.8, 4) is 0 Å². The molecule has 0 spiro atoms. The Hall–Kier alpha value is -1.34. The van der Waals surface area contributed by atoms with Gasteiger partial charge in [-0.15, -0.1) is 11.3 Å². The number of nitrogens with one attached hydrogen (secondary N) is 1. The molecule has 110 valence electrons. The zero-order valence-electron chi connectivity index (χ0n) is 11.5. The molecule has 0 aliphatic heterocycles. The summed E-state index contributed by atoms with van der Waals surface area (Å²) in [4.78, 5) is 1.09. The molecule has 0 radical (unpaired) electrons. The van der Waals surface area contributed by atoms with Crippen molar-refractivity contribution in [3.05, 3.63) is 28.8 Å². The number of aromatic nitrogens is 1. The van der Waals surface area contributed by atoms with Crippen LogP contribution in [0.15, 0.2) is 26.9 Å². The molecule has 2 rings (SSSR count). The van der Waals surface area contributed by atoms with Gasteiger partial charge in [-0.2, -0.15) is 0 Å². The molecule has 7 heteroatoms. The first-order valence-electron chi connectivity index (χ1n) is 6.56. The van der Waals surface area contributed by atoms with Crippen LogP contribution in [0.5, 0.6) is 0 Å². The molecular weight excluding hydrogens is 296 g/mol. The summed E-state index contributed by atoms with van der Waals surface area (Å²) in [5, 5.41) is 3.63. The van der Waals surface area contributed by atoms with Crippen LogP contribution in [-0.2, 0) is 16.4 Å². The largest absolute Gasteiger partial charge is 0.360 e. The summed E-state index contributed by atoms with van der Waals surface area (Å²) in [6.07, 6.45) is 4.34. The quantitative estimate of drug-likeness (QED) is 0.793. The third kappa shape index (κ3) is 3.83. The summed E-state index contributed by atoms with van der Waals surface area (Å²) in [7, 11) is -3.56. The minimum atomic E-state index is -3.56. The van der Waals surface area contributed by atoms with E-state index in [1.807, 2.05) is 6.07 Å². The van der Waals surface area contributed by atoms with Gasteiger partial charge in [0, 0.05) is 10.9 Å². The molecule has 0 aliphatic carbocycles. The predicted octanol–water partition coefficient (Wildman–Crippen LogP) is 3.58. The van der Waals surface area contributed by atoms with E-state index >= 15 is 0 Å². The van der Waals surface area contributed by atoms with Gasteiger partial charge in [0.15, 0.2) is 5.82 Å². The van der Waals surface area contributed by atoms with Crippen LogP contribution in [0.4, 0.5) is 5.82 Å². The molecule has 20 heavy (non-hydrogen) atoms. The minimum Gasteiger partial charge on any atom is -0.360 e. The van der Waals surface area contributed by atoms with Gasteiger partial charge < -0.3 is 4.52 Å². The van der Waals surface area contributed by atoms with Gasteiger partial charge in [-0.05, 0) is 31.9 Å². The minimum absolute atomic E-state index is 0.212. The first-order valence-corrected chi connectivity index (χ1v) is 8.86. The SMILES string of the molecule is CCCCCc1ccc(S(=O)(=O)Nc2cc(C)on2)s1. The van der Waals surface area contributed by atoms with Crippen molar-refractivity contribution in [3.63, 3.8) is 0 Å². The average Bonchev–Trinajstić information content (AvgIpc) is 2.99. The van der Waals surface area contributed by atoms with E-state index in [-0.39, 0.29) is 5.82 Å². The van der Waals surface area contributed by atoms with Gasteiger partial charge in [0.05, 0.1) is 0 Å². The lowest BCUT2D eigenvalue weighted by Crippen LogP contribution is -2.11. The molecular formula is C13H18N2O3S2. The Morgan fingerprint density at radius 1 is 1.35 bits per heavy atom. The average molecular weight is 314 g/mol. The Kier molecular flexibility index (Phi) is 4.82. The lowest BCUT2D eigenvalue weighted by molar-refractivity contribution is 0.400. The molecule has 2 aromatic rings. The van der Waals surface area contributed by atoms with Crippen LogP contribution in [0.3, 0.4) is 0 Å². The summed E-state index contributed by atoms with van der Waals surface area (Å²) in [5.74, 6) is 0.776. The molecule has 0 aliphatic rings. The van der Waals surface area contributed by atoms with Crippen molar-refractivity contribution in [2.45, 2.75) is 43.7 Å². The first kappa shape index (κ1) is 15.1. The maximum Gasteiger partial charge on any atom is 0.272 e. The molecule has 5 nitrogen and oxygen atoms in total. The highest BCUT2D eigenvalue weighted by atomic mass is 32.2. The van der Waals surface area contributed by atoms with Gasteiger partial charge in [0.25, 0.3) is 10.0 Å². The number of rotatable bonds is 7. The summed E-state index contributed by atoms with van der Waals surface area (Å²) in [6.45, 7) is 3.86. The Morgan fingerprint density at radius 2 is 2.15 bits per heavy atom. The van der Waals surface area contributed by atoms with Crippen molar-refractivity contribution in [1.29, 1.82) is 0 Å². The Morgan fingerprint density at radius 3 is 2.80 bits per heavy atom. The standard InChI is InChI=1S/C13H18N2O3S2/c1-3-4-5-6-11-7-8-13(19-11)20(16,17)15-12-9-10(2)18-14-12/h7-9H,3-6H2,1-2H3,(H,14,15). The molecule has 0 fully saturated rings. The molecule has 0 bridgehead atoms. The van der Waals surface area contributed by atoms with Crippen molar-refractivity contribution < 1.29 is 12.9 Å². The Labute approximate surface area is 123 Å². The second kappa shape index (κ2) is 6.41. The van der Waals surface area contributed by atoms with Crippen LogP contribution >= 0.6 is 11.3 Å². The van der Waals surface area contributed by atoms with Gasteiger partial charge in [-0.1, -0.05) is 24.9 Å². The first-order chi connectivity index (χ1) is 9.51. The molecule has 0 aromatic carbocycles. The van der Waals surface area contributed by atoms with Crippen LogP contribution in [-0.4, -0.2) is 13.6 Å².